The Labute approximate surface area is 106 Å². The molecule has 2 rings (SSSR count). The summed E-state index contributed by atoms with van der Waals surface area (Å²) in [6, 6.07) is 6.36. The van der Waals surface area contributed by atoms with Gasteiger partial charge in [-0.15, -0.1) is 0 Å². The summed E-state index contributed by atoms with van der Waals surface area (Å²) in [6.45, 7) is 3.57. The van der Waals surface area contributed by atoms with Crippen molar-refractivity contribution in [3.8, 4) is 11.8 Å². The van der Waals surface area contributed by atoms with Crippen LogP contribution in [0.5, 0.6) is 0 Å². The van der Waals surface area contributed by atoms with Crippen molar-refractivity contribution < 1.29 is 4.79 Å². The average molecular weight is 245 g/mol. The highest BCUT2D eigenvalue weighted by Crippen LogP contribution is 2.15. The third kappa shape index (κ3) is 3.62. The first-order valence-electron chi connectivity index (χ1n) is 5.70. The van der Waals surface area contributed by atoms with Gasteiger partial charge in [-0.05, 0) is 36.2 Å². The number of fused-ring (bicyclic) bond motifs is 1. The molecule has 88 valence electrons. The number of nitrogens with one attached hydrogen (secondary N) is 1. The van der Waals surface area contributed by atoms with Crippen molar-refractivity contribution in [2.24, 2.45) is 0 Å². The Kier molecular flexibility index (Phi) is 4.24. The molecular formula is C14H15NOS. The number of hydrogen-bond donors (Lipinski definition) is 1. The predicted octanol–water partition coefficient (Wildman–Crippen LogP) is 1.96. The van der Waals surface area contributed by atoms with Crippen molar-refractivity contribution in [1.82, 2.24) is 5.32 Å². The van der Waals surface area contributed by atoms with Gasteiger partial charge in [0.1, 0.15) is 0 Å². The Bertz CT molecular complexity index is 485. The molecule has 0 aliphatic carbocycles. The van der Waals surface area contributed by atoms with Crippen molar-refractivity contribution in [2.45, 2.75) is 19.9 Å². The standard InChI is InChI=1S/C14H15NOS/c1-11(16)17-8-2-3-12-4-5-14-10-15-7-6-13(14)9-12/h4-5,9,15H,6-8,10H2,1H3. The monoisotopic (exact) mass is 245 g/mol. The van der Waals surface area contributed by atoms with Gasteiger partial charge in [-0.25, -0.2) is 0 Å². The highest BCUT2D eigenvalue weighted by molar-refractivity contribution is 8.13. The van der Waals surface area contributed by atoms with Crippen LogP contribution >= 0.6 is 11.8 Å². The van der Waals surface area contributed by atoms with Gasteiger partial charge >= 0.3 is 0 Å². The number of rotatable bonds is 1. The fourth-order valence-electron chi connectivity index (χ4n) is 1.83. The number of benzene rings is 1. The van der Waals surface area contributed by atoms with Crippen molar-refractivity contribution in [3.63, 3.8) is 0 Å². The molecule has 0 unspecified atom stereocenters. The maximum absolute atomic E-state index is 10.7. The van der Waals surface area contributed by atoms with Gasteiger partial charge in [0.05, 0.1) is 5.75 Å². The number of thioether (sulfide) groups is 1. The van der Waals surface area contributed by atoms with Gasteiger partial charge in [0.15, 0.2) is 5.12 Å². The first kappa shape index (κ1) is 12.2. The van der Waals surface area contributed by atoms with E-state index in [0.29, 0.717) is 5.75 Å². The summed E-state index contributed by atoms with van der Waals surface area (Å²) in [7, 11) is 0. The zero-order valence-electron chi connectivity index (χ0n) is 9.88. The lowest BCUT2D eigenvalue weighted by atomic mass is 9.99. The molecule has 1 aliphatic rings. The van der Waals surface area contributed by atoms with Crippen molar-refractivity contribution in [1.29, 1.82) is 0 Å². The minimum Gasteiger partial charge on any atom is -0.312 e. The zero-order chi connectivity index (χ0) is 12.1. The molecule has 1 aromatic rings. The van der Waals surface area contributed by atoms with Crippen LogP contribution in [0.25, 0.3) is 0 Å². The van der Waals surface area contributed by atoms with Crippen LogP contribution < -0.4 is 5.32 Å². The van der Waals surface area contributed by atoms with Gasteiger partial charge in [-0.2, -0.15) is 0 Å². The summed E-state index contributed by atoms with van der Waals surface area (Å²) in [5.74, 6) is 6.70. The molecule has 0 atom stereocenters. The van der Waals surface area contributed by atoms with E-state index in [1.54, 1.807) is 6.92 Å². The highest BCUT2D eigenvalue weighted by Gasteiger charge is 2.07. The largest absolute Gasteiger partial charge is 0.312 e. The molecule has 1 aliphatic heterocycles. The van der Waals surface area contributed by atoms with E-state index in [4.69, 9.17) is 0 Å². The lowest BCUT2D eigenvalue weighted by Gasteiger charge is -2.16. The van der Waals surface area contributed by atoms with E-state index >= 15 is 0 Å². The minimum atomic E-state index is 0.121. The molecule has 0 bridgehead atoms. The highest BCUT2D eigenvalue weighted by atomic mass is 32.2. The van der Waals surface area contributed by atoms with E-state index in [0.717, 1.165) is 25.1 Å². The van der Waals surface area contributed by atoms with E-state index in [9.17, 15) is 4.79 Å². The van der Waals surface area contributed by atoms with Gasteiger partial charge in [0, 0.05) is 19.0 Å². The van der Waals surface area contributed by atoms with Crippen LogP contribution in [0.4, 0.5) is 0 Å². The molecule has 2 nitrogen and oxygen atoms in total. The van der Waals surface area contributed by atoms with E-state index in [1.165, 1.54) is 22.9 Å². The van der Waals surface area contributed by atoms with E-state index in [2.05, 4.69) is 35.4 Å². The molecule has 3 heteroatoms. The first-order chi connectivity index (χ1) is 8.25. The topological polar surface area (TPSA) is 29.1 Å². The number of carbonyl (C=O) groups excluding carboxylic acids is 1. The molecule has 0 fully saturated rings. The molecule has 17 heavy (non-hydrogen) atoms. The quantitative estimate of drug-likeness (QED) is 0.767. The van der Waals surface area contributed by atoms with Crippen molar-refractivity contribution in [2.75, 3.05) is 12.3 Å². The Hall–Kier alpha value is -1.24. The minimum absolute atomic E-state index is 0.121. The number of carbonyl (C=O) groups is 1. The Morgan fingerprint density at radius 3 is 3.18 bits per heavy atom. The van der Waals surface area contributed by atoms with E-state index in [1.807, 2.05) is 0 Å². The molecule has 0 saturated heterocycles. The van der Waals surface area contributed by atoms with Crippen LogP contribution in [0.1, 0.15) is 23.6 Å². The molecule has 1 heterocycles. The van der Waals surface area contributed by atoms with Crippen LogP contribution in [0.3, 0.4) is 0 Å². The zero-order valence-corrected chi connectivity index (χ0v) is 10.7. The summed E-state index contributed by atoms with van der Waals surface area (Å²) in [5, 5.41) is 3.47. The molecule has 1 aromatic carbocycles. The van der Waals surface area contributed by atoms with E-state index in [-0.39, 0.29) is 5.12 Å². The third-order valence-electron chi connectivity index (χ3n) is 2.67. The van der Waals surface area contributed by atoms with Crippen LogP contribution in [0.15, 0.2) is 18.2 Å². The summed E-state index contributed by atoms with van der Waals surface area (Å²) in [5.41, 5.74) is 3.82. The molecule has 0 amide bonds. The van der Waals surface area contributed by atoms with Crippen molar-refractivity contribution in [3.05, 3.63) is 34.9 Å². The molecule has 0 radical (unpaired) electrons. The summed E-state index contributed by atoms with van der Waals surface area (Å²) in [6.07, 6.45) is 1.08. The Morgan fingerprint density at radius 1 is 1.47 bits per heavy atom. The maximum Gasteiger partial charge on any atom is 0.186 e. The molecule has 0 aromatic heterocycles. The van der Waals surface area contributed by atoms with Crippen LogP contribution in [-0.4, -0.2) is 17.4 Å². The molecule has 1 N–H and O–H groups in total. The Morgan fingerprint density at radius 2 is 2.35 bits per heavy atom. The summed E-state index contributed by atoms with van der Waals surface area (Å²) < 4.78 is 0. The number of hydrogen-bond acceptors (Lipinski definition) is 3. The Balaban J connectivity index is 2.04. The third-order valence-corrected chi connectivity index (χ3v) is 3.37. The lowest BCUT2D eigenvalue weighted by Crippen LogP contribution is -2.23. The second kappa shape index (κ2) is 5.90. The fraction of sp³-hybridized carbons (Fsp3) is 0.357. The van der Waals surface area contributed by atoms with Crippen LogP contribution in [-0.2, 0) is 17.8 Å². The smallest absolute Gasteiger partial charge is 0.186 e. The average Bonchev–Trinajstić information content (AvgIpc) is 2.34. The van der Waals surface area contributed by atoms with Gasteiger partial charge in [-0.3, -0.25) is 4.79 Å². The van der Waals surface area contributed by atoms with Gasteiger partial charge < -0.3 is 5.32 Å². The fourth-order valence-corrected chi connectivity index (χ4v) is 2.18. The SMILES string of the molecule is CC(=O)SCC#Cc1ccc2c(c1)CCNC2. The molecular weight excluding hydrogens is 230 g/mol. The molecule has 0 spiro atoms. The second-order valence-electron chi connectivity index (χ2n) is 3.99. The summed E-state index contributed by atoms with van der Waals surface area (Å²) >= 11 is 1.26. The lowest BCUT2D eigenvalue weighted by molar-refractivity contribution is -0.109. The van der Waals surface area contributed by atoms with E-state index < -0.39 is 0 Å². The maximum atomic E-state index is 10.7. The summed E-state index contributed by atoms with van der Waals surface area (Å²) in [4.78, 5) is 10.7. The predicted molar refractivity (Wildman–Crippen MR) is 71.9 cm³/mol. The first-order valence-corrected chi connectivity index (χ1v) is 6.69. The van der Waals surface area contributed by atoms with Crippen LogP contribution in [0.2, 0.25) is 0 Å². The normalized spacial score (nSPS) is 13.5. The van der Waals surface area contributed by atoms with Gasteiger partial charge in [0.2, 0.25) is 0 Å². The van der Waals surface area contributed by atoms with Gasteiger partial charge in [-0.1, -0.05) is 29.7 Å². The van der Waals surface area contributed by atoms with Crippen LogP contribution in [0, 0.1) is 11.8 Å². The van der Waals surface area contributed by atoms with Crippen molar-refractivity contribution >= 4 is 16.9 Å². The second-order valence-corrected chi connectivity index (χ2v) is 5.14. The van der Waals surface area contributed by atoms with Gasteiger partial charge in [0.25, 0.3) is 0 Å². The molecule has 0 saturated carbocycles.